The molecule has 7 rings (SSSR count). The molecule has 7 N–H and O–H groups in total. The zero-order valence-corrected chi connectivity index (χ0v) is 45.6. The van der Waals surface area contributed by atoms with Gasteiger partial charge in [-0.3, -0.25) is 33.6 Å². The number of nitrogen functional groups attached to an aromatic ring is 1. The number of carbonyl (C=O) groups excluding carboxylic acids is 4. The quantitative estimate of drug-likeness (QED) is 0.0590. The van der Waals surface area contributed by atoms with Crippen LogP contribution in [0.1, 0.15) is 92.7 Å². The summed E-state index contributed by atoms with van der Waals surface area (Å²) in [5, 5.41) is 10.2. The average molecular weight is 1070 g/mol. The summed E-state index contributed by atoms with van der Waals surface area (Å²) in [6, 6.07) is 22.8. The van der Waals surface area contributed by atoms with E-state index < -0.39 is 31.9 Å². The van der Waals surface area contributed by atoms with Gasteiger partial charge >= 0.3 is 0 Å². The fourth-order valence-corrected chi connectivity index (χ4v) is 10.4. The second-order valence-corrected chi connectivity index (χ2v) is 24.8. The normalized spacial score (nSPS) is 11.8. The van der Waals surface area contributed by atoms with E-state index in [1.165, 1.54) is 60.3 Å². The van der Waals surface area contributed by atoms with Gasteiger partial charge in [-0.25, -0.2) is 16.8 Å². The van der Waals surface area contributed by atoms with Crippen LogP contribution >= 0.6 is 22.7 Å². The lowest BCUT2D eigenvalue weighted by atomic mass is 9.86. The van der Waals surface area contributed by atoms with E-state index in [0.29, 0.717) is 37.2 Å². The fourth-order valence-electron chi connectivity index (χ4n) is 7.27. The van der Waals surface area contributed by atoms with Gasteiger partial charge in [0.2, 0.25) is 20.0 Å². The number of hydrogen-bond acceptors (Lipinski definition) is 14. The smallest absolute Gasteiger partial charge is 0.265 e. The number of hydrogen-bond donors (Lipinski definition) is 6. The lowest BCUT2D eigenvalue weighted by molar-refractivity contribution is 0.0826. The minimum Gasteiger partial charge on any atom is -0.492 e. The van der Waals surface area contributed by atoms with Crippen molar-refractivity contribution in [3.05, 3.63) is 123 Å². The number of nitrogens with two attached hydrogens (primary N) is 1. The summed E-state index contributed by atoms with van der Waals surface area (Å²) in [6.45, 7) is 11.9. The summed E-state index contributed by atoms with van der Waals surface area (Å²) in [5.74, 6) is -1.09. The molecule has 4 amide bonds. The first-order chi connectivity index (χ1) is 34.0. The Hall–Kier alpha value is -7.27. The van der Waals surface area contributed by atoms with Crippen LogP contribution in [0, 0.1) is 0 Å². The molecule has 0 bridgehead atoms. The van der Waals surface area contributed by atoms with E-state index in [-0.39, 0.29) is 56.6 Å². The van der Waals surface area contributed by atoms with Crippen LogP contribution in [0.4, 0.5) is 34.1 Å². The molecule has 0 aliphatic rings. The van der Waals surface area contributed by atoms with Gasteiger partial charge in [0.1, 0.15) is 0 Å². The number of methoxy groups -OCH3 is 2. The second kappa shape index (κ2) is 21.4. The predicted octanol–water partition coefficient (Wildman–Crippen LogP) is 9.59. The van der Waals surface area contributed by atoms with Gasteiger partial charge in [0.05, 0.1) is 85.4 Å². The van der Waals surface area contributed by atoms with Crippen molar-refractivity contribution in [2.24, 2.45) is 0 Å². The zero-order valence-electron chi connectivity index (χ0n) is 42.3. The number of anilines is 6. The number of nitrogens with one attached hydrogen (secondary N) is 5. The number of ether oxygens (including phenoxy) is 2. The standard InChI is InChI=1S/C30H33N5O6S2.C21H25N3O4S2/c1-30(2,3)20-13-22(25(41-6)23(14-20)34-43(7,39)40)33-28(37)24-12-17-9-8-10-21(26(17)42-24)32-27(36)18-11-19(16-31-15-18)29(38)35(4)5;1-21(2,3)13-10-15(18(28-4)16(11-13)24-30(5,26)27)23-20(25)17-9-12-7-6-8-14(22)19(12)29-17/h8-16,34H,1-7H3,(H,32,36)(H,33,37);6-11,24H,22H2,1-5H3,(H,23,25). The highest BCUT2D eigenvalue weighted by atomic mass is 32.2. The molecule has 0 unspecified atom stereocenters. The van der Waals surface area contributed by atoms with Gasteiger partial charge in [0, 0.05) is 32.2 Å². The SMILES string of the molecule is COc1c(NC(=O)c2cc3cccc(N)c3s2)cc(C(C)(C)C)cc1NS(C)(=O)=O.COc1c(NC(=O)c2cc3cccc(NC(=O)c4cncc(C(=O)N(C)C)c4)c3s2)cc(C(C)(C)C)cc1NS(C)(=O)=O. The Bertz CT molecular complexity index is 3520. The Labute approximate surface area is 432 Å². The predicted molar refractivity (Wildman–Crippen MR) is 294 cm³/mol. The number of rotatable bonds is 13. The maximum Gasteiger partial charge on any atom is 0.265 e. The van der Waals surface area contributed by atoms with E-state index in [0.717, 1.165) is 39.1 Å². The van der Waals surface area contributed by atoms with Gasteiger partial charge in [0.25, 0.3) is 23.6 Å². The molecule has 18 nitrogen and oxygen atoms in total. The van der Waals surface area contributed by atoms with E-state index in [9.17, 15) is 36.0 Å². The van der Waals surface area contributed by atoms with Crippen LogP contribution in [-0.2, 0) is 30.9 Å². The maximum absolute atomic E-state index is 13.5. The monoisotopic (exact) mass is 1070 g/mol. The molecule has 7 aromatic rings. The molecule has 0 saturated carbocycles. The number of fused-ring (bicyclic) bond motifs is 2. The molecule has 3 heterocycles. The number of thiophene rings is 2. The Morgan fingerprint density at radius 2 is 1.00 bits per heavy atom. The van der Waals surface area contributed by atoms with Gasteiger partial charge in [0.15, 0.2) is 11.5 Å². The third-order valence-electron chi connectivity index (χ3n) is 10.9. The number of pyridine rings is 1. The van der Waals surface area contributed by atoms with Crippen molar-refractivity contribution < 1.29 is 45.5 Å². The molecule has 0 spiro atoms. The molecular weight excluding hydrogens is 1010 g/mol. The molecule has 0 saturated heterocycles. The molecule has 3 aromatic heterocycles. The van der Waals surface area contributed by atoms with E-state index >= 15 is 0 Å². The molecule has 0 fully saturated rings. The first kappa shape index (κ1) is 55.1. The van der Waals surface area contributed by atoms with Gasteiger partial charge in [-0.15, -0.1) is 22.7 Å². The highest BCUT2D eigenvalue weighted by Crippen LogP contribution is 2.42. The number of carbonyl (C=O) groups is 4. The van der Waals surface area contributed by atoms with E-state index in [2.05, 4.69) is 30.4 Å². The molecular formula is C51H58N8O10S4. The van der Waals surface area contributed by atoms with E-state index in [1.807, 2.05) is 59.7 Å². The van der Waals surface area contributed by atoms with Gasteiger partial charge < -0.3 is 36.1 Å². The number of nitrogens with zero attached hydrogens (tertiary/aromatic N) is 2. The first-order valence-electron chi connectivity index (χ1n) is 22.3. The number of sulfonamides is 2. The number of benzene rings is 4. The lowest BCUT2D eigenvalue weighted by Gasteiger charge is -2.23. The Morgan fingerprint density at radius 3 is 1.44 bits per heavy atom. The molecule has 22 heteroatoms. The fraction of sp³-hybridized carbons (Fsp3) is 0.275. The van der Waals surface area contributed by atoms with E-state index in [1.54, 1.807) is 68.7 Å². The minimum atomic E-state index is -3.63. The minimum absolute atomic E-state index is 0.171. The van der Waals surface area contributed by atoms with Crippen molar-refractivity contribution in [1.29, 1.82) is 0 Å². The zero-order chi connectivity index (χ0) is 54.0. The van der Waals surface area contributed by atoms with Crippen molar-refractivity contribution in [3.8, 4) is 11.5 Å². The van der Waals surface area contributed by atoms with Crippen LogP contribution in [0.3, 0.4) is 0 Å². The van der Waals surface area contributed by atoms with Crippen molar-refractivity contribution in [3.63, 3.8) is 0 Å². The second-order valence-electron chi connectivity index (χ2n) is 19.2. The number of amides is 4. The highest BCUT2D eigenvalue weighted by Gasteiger charge is 2.26. The van der Waals surface area contributed by atoms with Crippen LogP contribution in [0.2, 0.25) is 0 Å². The van der Waals surface area contributed by atoms with Crippen LogP contribution < -0.4 is 40.6 Å². The van der Waals surface area contributed by atoms with Crippen molar-refractivity contribution in [1.82, 2.24) is 9.88 Å². The maximum atomic E-state index is 13.5. The molecule has 4 aromatic carbocycles. The van der Waals surface area contributed by atoms with Crippen LogP contribution in [0.5, 0.6) is 11.5 Å². The van der Waals surface area contributed by atoms with Crippen LogP contribution in [0.15, 0.2) is 91.3 Å². The summed E-state index contributed by atoms with van der Waals surface area (Å²) >= 11 is 2.48. The topological polar surface area (TPSA) is 257 Å². The molecule has 0 atom stereocenters. The highest BCUT2D eigenvalue weighted by molar-refractivity contribution is 7.92. The summed E-state index contributed by atoms with van der Waals surface area (Å²) in [5.41, 5.74) is 9.74. The van der Waals surface area contributed by atoms with Gasteiger partial charge in [-0.1, -0.05) is 65.8 Å². The Balaban J connectivity index is 0.000000254. The lowest BCUT2D eigenvalue weighted by Crippen LogP contribution is -2.22. The van der Waals surface area contributed by atoms with Crippen molar-refractivity contribution >= 4 is 121 Å². The Morgan fingerprint density at radius 1 is 0.575 bits per heavy atom. The summed E-state index contributed by atoms with van der Waals surface area (Å²) in [6.07, 6.45) is 4.88. The van der Waals surface area contributed by atoms with Crippen LogP contribution in [-0.4, -0.2) is 91.2 Å². The molecule has 73 heavy (non-hydrogen) atoms. The van der Waals surface area contributed by atoms with Gasteiger partial charge in [-0.2, -0.15) is 0 Å². The largest absolute Gasteiger partial charge is 0.492 e. The first-order valence-corrected chi connectivity index (χ1v) is 27.7. The third-order valence-corrected chi connectivity index (χ3v) is 14.4. The number of aromatic nitrogens is 1. The van der Waals surface area contributed by atoms with Crippen LogP contribution in [0.25, 0.3) is 20.2 Å². The van der Waals surface area contributed by atoms with Crippen molar-refractivity contribution in [2.45, 2.75) is 52.4 Å². The average Bonchev–Trinajstić information content (AvgIpc) is 3.94. The molecule has 386 valence electrons. The third kappa shape index (κ3) is 13.6. The van der Waals surface area contributed by atoms with Gasteiger partial charge in [-0.05, 0) is 87.3 Å². The molecule has 0 aliphatic carbocycles. The summed E-state index contributed by atoms with van der Waals surface area (Å²) < 4.78 is 65.2. The van der Waals surface area contributed by atoms with Crippen molar-refractivity contribution in [2.75, 3.05) is 72.0 Å². The molecule has 0 radical (unpaired) electrons. The molecule has 0 aliphatic heterocycles. The Kier molecular flexibility index (Phi) is 16.2. The summed E-state index contributed by atoms with van der Waals surface area (Å²) in [7, 11) is -1.13. The summed E-state index contributed by atoms with van der Waals surface area (Å²) in [4.78, 5) is 58.2. The van der Waals surface area contributed by atoms with E-state index in [4.69, 9.17) is 15.2 Å².